The zero-order valence-corrected chi connectivity index (χ0v) is 19.1. The summed E-state index contributed by atoms with van der Waals surface area (Å²) in [6.45, 7) is 2.12. The number of fused-ring (bicyclic) bond motifs is 3. The number of alkyl carbamates (subject to hydrolysis) is 1. The molecule has 2 aliphatic heterocycles. The first kappa shape index (κ1) is 22.2. The zero-order chi connectivity index (χ0) is 24.0. The van der Waals surface area contributed by atoms with Crippen LogP contribution in [0, 0.1) is 11.6 Å². The highest BCUT2D eigenvalue weighted by Gasteiger charge is 2.52. The van der Waals surface area contributed by atoms with E-state index < -0.39 is 29.2 Å². The van der Waals surface area contributed by atoms with Crippen LogP contribution in [0.1, 0.15) is 29.5 Å². The van der Waals surface area contributed by atoms with Crippen molar-refractivity contribution in [3.63, 3.8) is 0 Å². The summed E-state index contributed by atoms with van der Waals surface area (Å²) in [5.74, 6) is -2.15. The zero-order valence-electron chi connectivity index (χ0n) is 18.3. The molecule has 3 aliphatic rings. The van der Waals surface area contributed by atoms with Crippen LogP contribution in [-0.2, 0) is 19.8 Å². The Labute approximate surface area is 197 Å². The van der Waals surface area contributed by atoms with Gasteiger partial charge in [0.25, 0.3) is 0 Å². The van der Waals surface area contributed by atoms with Crippen molar-refractivity contribution in [1.82, 2.24) is 15.2 Å². The fourth-order valence-corrected chi connectivity index (χ4v) is 5.29. The monoisotopic (exact) mass is 486 g/mol. The Kier molecular flexibility index (Phi) is 5.43. The third-order valence-corrected chi connectivity index (χ3v) is 6.79. The molecule has 1 fully saturated rings. The minimum Gasteiger partial charge on any atom is -0.462 e. The normalized spacial score (nSPS) is 22.5. The maximum atomic E-state index is 14.7. The lowest BCUT2D eigenvalue weighted by atomic mass is 9.81. The molecule has 3 heterocycles. The molecule has 1 N–H and O–H groups in total. The second kappa shape index (κ2) is 8.32. The predicted molar refractivity (Wildman–Crippen MR) is 120 cm³/mol. The number of benzene rings is 1. The Morgan fingerprint density at radius 1 is 1.35 bits per heavy atom. The first-order chi connectivity index (χ1) is 16.4. The lowest BCUT2D eigenvalue weighted by molar-refractivity contribution is -0.139. The Bertz CT molecular complexity index is 1270. The lowest BCUT2D eigenvalue weighted by Gasteiger charge is -2.37. The fourth-order valence-electron chi connectivity index (χ4n) is 4.66. The van der Waals surface area contributed by atoms with E-state index in [2.05, 4.69) is 10.3 Å². The molecule has 8 nitrogen and oxygen atoms in total. The minimum absolute atomic E-state index is 0.0281. The molecule has 1 aromatic carbocycles. The highest BCUT2D eigenvalue weighted by molar-refractivity contribution is 7.11. The number of amides is 1. The molecule has 1 aliphatic carbocycles. The molecule has 0 bridgehead atoms. The van der Waals surface area contributed by atoms with Crippen LogP contribution in [-0.4, -0.2) is 54.1 Å². The Morgan fingerprint density at radius 2 is 2.18 bits per heavy atom. The predicted octanol–water partition coefficient (Wildman–Crippen LogP) is 3.35. The summed E-state index contributed by atoms with van der Waals surface area (Å²) in [7, 11) is 1.27. The number of aliphatic imine (C=N–C) groups is 1. The van der Waals surface area contributed by atoms with E-state index >= 15 is 0 Å². The summed E-state index contributed by atoms with van der Waals surface area (Å²) in [6.07, 6.45) is 4.33. The van der Waals surface area contributed by atoms with Gasteiger partial charge in [0.1, 0.15) is 5.54 Å². The quantitative estimate of drug-likeness (QED) is 0.667. The van der Waals surface area contributed by atoms with Crippen LogP contribution in [0.4, 0.5) is 13.6 Å². The number of amidine groups is 1. The number of methoxy groups -OCH3 is 1. The fraction of sp³-hybridized carbons (Fsp3) is 0.304. The standard InChI is InChI=1S/C23H20F2N4O4S/c1-3-33-21(30)17-16-10-12(27-22(31)32-2)11-29(16)19(20-26-8-9-34-20)28-23(17)7-6-13-14(23)4-5-15(24)18(13)25/h4-9,12H,3,10-11H2,1-2H3,(H,27,31). The van der Waals surface area contributed by atoms with Gasteiger partial charge in [-0.1, -0.05) is 12.1 Å². The van der Waals surface area contributed by atoms with Gasteiger partial charge in [-0.3, -0.25) is 0 Å². The summed E-state index contributed by atoms with van der Waals surface area (Å²) in [5.41, 5.74) is -0.296. The van der Waals surface area contributed by atoms with E-state index in [4.69, 9.17) is 14.5 Å². The molecule has 34 heavy (non-hydrogen) atoms. The average molecular weight is 487 g/mol. The van der Waals surface area contributed by atoms with Crippen molar-refractivity contribution in [1.29, 1.82) is 0 Å². The molecule has 0 radical (unpaired) electrons. The number of carbonyl (C=O) groups excluding carboxylic acids is 2. The molecule has 1 aromatic heterocycles. The number of halogens is 2. The minimum atomic E-state index is -1.43. The topological polar surface area (TPSA) is 93.1 Å². The summed E-state index contributed by atoms with van der Waals surface area (Å²) >= 11 is 1.35. The van der Waals surface area contributed by atoms with Crippen molar-refractivity contribution in [3.05, 3.63) is 68.8 Å². The van der Waals surface area contributed by atoms with Gasteiger partial charge in [0.15, 0.2) is 22.5 Å². The van der Waals surface area contributed by atoms with Crippen molar-refractivity contribution in [3.8, 4) is 0 Å². The van der Waals surface area contributed by atoms with Gasteiger partial charge in [-0.25, -0.2) is 28.3 Å². The molecule has 2 atom stereocenters. The largest absolute Gasteiger partial charge is 0.462 e. The molecular formula is C23H20F2N4O4S. The van der Waals surface area contributed by atoms with Crippen LogP contribution in [0.5, 0.6) is 0 Å². The van der Waals surface area contributed by atoms with Gasteiger partial charge in [-0.2, -0.15) is 0 Å². The van der Waals surface area contributed by atoms with Crippen LogP contribution in [0.3, 0.4) is 0 Å². The SMILES string of the molecule is CCOC(=O)C1=C2CC(NC(=O)OC)CN2C(c2nccs2)=NC12C=Cc1c2ccc(F)c1F. The third kappa shape index (κ3) is 3.30. The van der Waals surface area contributed by atoms with Crippen LogP contribution < -0.4 is 5.32 Å². The molecule has 2 aromatic rings. The number of hydrogen-bond acceptors (Lipinski definition) is 8. The summed E-state index contributed by atoms with van der Waals surface area (Å²) in [5, 5.41) is 5.15. The molecule has 176 valence electrons. The summed E-state index contributed by atoms with van der Waals surface area (Å²) in [4.78, 5) is 36.4. The molecule has 0 saturated carbocycles. The lowest BCUT2D eigenvalue weighted by Crippen LogP contribution is -2.43. The molecule has 11 heteroatoms. The Morgan fingerprint density at radius 3 is 2.88 bits per heavy atom. The Balaban J connectivity index is 1.74. The Hall–Kier alpha value is -3.60. The maximum absolute atomic E-state index is 14.7. The smallest absolute Gasteiger partial charge is 0.407 e. The highest BCUT2D eigenvalue weighted by atomic mass is 32.1. The van der Waals surface area contributed by atoms with E-state index in [9.17, 15) is 18.4 Å². The van der Waals surface area contributed by atoms with E-state index in [0.717, 1.165) is 6.07 Å². The van der Waals surface area contributed by atoms with Gasteiger partial charge < -0.3 is 19.7 Å². The first-order valence-corrected chi connectivity index (χ1v) is 11.5. The molecule has 1 amide bonds. The molecule has 5 rings (SSSR count). The van der Waals surface area contributed by atoms with E-state index in [1.165, 1.54) is 30.6 Å². The van der Waals surface area contributed by atoms with Gasteiger partial charge in [0, 0.05) is 35.8 Å². The van der Waals surface area contributed by atoms with Crippen molar-refractivity contribution in [2.24, 2.45) is 4.99 Å². The van der Waals surface area contributed by atoms with Crippen molar-refractivity contribution in [2.75, 3.05) is 20.3 Å². The van der Waals surface area contributed by atoms with Gasteiger partial charge in [-0.05, 0) is 24.6 Å². The van der Waals surface area contributed by atoms with E-state index in [0.29, 0.717) is 28.6 Å². The van der Waals surface area contributed by atoms with Gasteiger partial charge in [-0.15, -0.1) is 11.3 Å². The third-order valence-electron chi connectivity index (χ3n) is 6.02. The molecular weight excluding hydrogens is 466 g/mol. The molecule has 1 spiro atoms. The van der Waals surface area contributed by atoms with Gasteiger partial charge in [0.2, 0.25) is 0 Å². The van der Waals surface area contributed by atoms with Gasteiger partial charge in [0.05, 0.1) is 25.3 Å². The van der Waals surface area contributed by atoms with Crippen LogP contribution in [0.25, 0.3) is 6.08 Å². The van der Waals surface area contributed by atoms with Crippen molar-refractivity contribution < 1.29 is 27.8 Å². The van der Waals surface area contributed by atoms with Crippen molar-refractivity contribution in [2.45, 2.75) is 24.9 Å². The van der Waals surface area contributed by atoms with Crippen LogP contribution in [0.15, 0.2) is 46.0 Å². The molecule has 2 unspecified atom stereocenters. The second-order valence-electron chi connectivity index (χ2n) is 7.88. The van der Waals surface area contributed by atoms with Crippen molar-refractivity contribution >= 4 is 35.3 Å². The van der Waals surface area contributed by atoms with E-state index in [1.54, 1.807) is 24.6 Å². The van der Waals surface area contributed by atoms with E-state index in [1.807, 2.05) is 4.90 Å². The average Bonchev–Trinajstić information content (AvgIpc) is 3.56. The highest BCUT2D eigenvalue weighted by Crippen LogP contribution is 2.50. The molecule has 1 saturated heterocycles. The second-order valence-corrected chi connectivity index (χ2v) is 8.78. The number of ether oxygens (including phenoxy) is 2. The summed E-state index contributed by atoms with van der Waals surface area (Å²) < 4.78 is 38.8. The number of hydrogen-bond donors (Lipinski definition) is 1. The van der Waals surface area contributed by atoms with Gasteiger partial charge >= 0.3 is 12.1 Å². The number of nitrogens with zero attached hydrogens (tertiary/aromatic N) is 3. The number of rotatable bonds is 4. The first-order valence-electron chi connectivity index (χ1n) is 10.6. The number of esters is 1. The number of nitrogens with one attached hydrogen (secondary N) is 1. The number of thiazole rings is 1. The number of carbonyl (C=O) groups is 2. The van der Waals surface area contributed by atoms with E-state index in [-0.39, 0.29) is 30.2 Å². The van der Waals surface area contributed by atoms with Crippen LogP contribution in [0.2, 0.25) is 0 Å². The van der Waals surface area contributed by atoms with Crippen LogP contribution >= 0.6 is 11.3 Å². The summed E-state index contributed by atoms with van der Waals surface area (Å²) in [6, 6.07) is 2.07. The maximum Gasteiger partial charge on any atom is 0.407 e. The number of aromatic nitrogens is 1.